The van der Waals surface area contributed by atoms with Crippen molar-refractivity contribution in [1.29, 1.82) is 0 Å². The van der Waals surface area contributed by atoms with E-state index in [1.165, 1.54) is 6.92 Å². The zero-order valence-electron chi connectivity index (χ0n) is 7.25. The van der Waals surface area contributed by atoms with Crippen LogP contribution in [0.25, 0.3) is 0 Å². The van der Waals surface area contributed by atoms with Crippen molar-refractivity contribution in [3.8, 4) is 0 Å². The lowest BCUT2D eigenvalue weighted by Crippen LogP contribution is -2.23. The van der Waals surface area contributed by atoms with Crippen LogP contribution >= 0.6 is 0 Å². The molecule has 1 aromatic carbocycles. The zero-order chi connectivity index (χ0) is 9.84. The Labute approximate surface area is 76.0 Å². The Balaban J connectivity index is 2.79. The van der Waals surface area contributed by atoms with Gasteiger partial charge in [0.05, 0.1) is 0 Å². The third-order valence-corrected chi connectivity index (χ3v) is 1.93. The molecule has 0 amide bonds. The summed E-state index contributed by atoms with van der Waals surface area (Å²) in [4.78, 5) is 9.87. The van der Waals surface area contributed by atoms with E-state index in [0.29, 0.717) is 5.56 Å². The number of nitro groups is 1. The Hall–Kier alpha value is -1.42. The van der Waals surface area contributed by atoms with E-state index in [9.17, 15) is 15.2 Å². The highest BCUT2D eigenvalue weighted by Crippen LogP contribution is 2.17. The highest BCUT2D eigenvalue weighted by atomic mass is 16.6. The quantitative estimate of drug-likeness (QED) is 0.566. The Morgan fingerprint density at radius 2 is 1.92 bits per heavy atom. The predicted octanol–water partition coefficient (Wildman–Crippen LogP) is 1.39. The molecule has 0 heterocycles. The van der Waals surface area contributed by atoms with Crippen LogP contribution in [0.5, 0.6) is 0 Å². The first-order valence-electron chi connectivity index (χ1n) is 3.99. The molecule has 1 rings (SSSR count). The van der Waals surface area contributed by atoms with Gasteiger partial charge in [0.15, 0.2) is 0 Å². The van der Waals surface area contributed by atoms with E-state index in [-0.39, 0.29) is 0 Å². The van der Waals surface area contributed by atoms with E-state index >= 15 is 0 Å². The molecule has 0 saturated heterocycles. The lowest BCUT2D eigenvalue weighted by Gasteiger charge is -2.11. The van der Waals surface area contributed by atoms with Gasteiger partial charge in [-0.1, -0.05) is 30.3 Å². The maximum absolute atomic E-state index is 10.4. The van der Waals surface area contributed by atoms with Crippen molar-refractivity contribution in [2.24, 2.45) is 0 Å². The average molecular weight is 181 g/mol. The van der Waals surface area contributed by atoms with Gasteiger partial charge in [0.2, 0.25) is 6.04 Å². The summed E-state index contributed by atoms with van der Waals surface area (Å²) in [5.74, 6) is 0. The second-order valence-corrected chi connectivity index (χ2v) is 2.88. The standard InChI is InChI=1S/C9H11NO3/c1-7(10(12)13)9(11)8-5-3-2-4-6-8/h2-7,9,11H,1H3/t7?,9-/m0/s1. The fourth-order valence-electron chi connectivity index (χ4n) is 1.04. The minimum Gasteiger partial charge on any atom is -0.381 e. The number of aliphatic hydroxyl groups is 1. The van der Waals surface area contributed by atoms with Gasteiger partial charge in [-0.05, 0) is 5.56 Å². The Morgan fingerprint density at radius 3 is 2.38 bits per heavy atom. The number of rotatable bonds is 3. The smallest absolute Gasteiger partial charge is 0.239 e. The van der Waals surface area contributed by atoms with Crippen molar-refractivity contribution in [2.75, 3.05) is 0 Å². The van der Waals surface area contributed by atoms with Crippen molar-refractivity contribution >= 4 is 0 Å². The molecule has 4 nitrogen and oxygen atoms in total. The molecule has 0 radical (unpaired) electrons. The molecule has 0 spiro atoms. The Morgan fingerprint density at radius 1 is 1.38 bits per heavy atom. The largest absolute Gasteiger partial charge is 0.381 e. The van der Waals surface area contributed by atoms with E-state index in [1.807, 2.05) is 0 Å². The highest BCUT2D eigenvalue weighted by Gasteiger charge is 2.25. The Kier molecular flexibility index (Phi) is 2.97. The summed E-state index contributed by atoms with van der Waals surface area (Å²) in [5, 5.41) is 19.9. The Bertz CT molecular complexity index is 286. The van der Waals surface area contributed by atoms with Crippen LogP contribution in [0.3, 0.4) is 0 Å². The van der Waals surface area contributed by atoms with Crippen molar-refractivity contribution in [3.05, 3.63) is 46.0 Å². The van der Waals surface area contributed by atoms with E-state index in [4.69, 9.17) is 0 Å². The van der Waals surface area contributed by atoms with Crippen LogP contribution in [0.1, 0.15) is 18.6 Å². The number of hydrogen-bond donors (Lipinski definition) is 1. The fraction of sp³-hybridized carbons (Fsp3) is 0.333. The molecule has 4 heteroatoms. The average Bonchev–Trinajstić information content (AvgIpc) is 2.17. The highest BCUT2D eigenvalue weighted by molar-refractivity contribution is 5.17. The summed E-state index contributed by atoms with van der Waals surface area (Å²) in [6.45, 7) is 1.39. The molecule has 2 atom stereocenters. The van der Waals surface area contributed by atoms with Crippen LogP contribution in [0.2, 0.25) is 0 Å². The number of hydrogen-bond acceptors (Lipinski definition) is 3. The minimum atomic E-state index is -1.03. The molecule has 0 saturated carbocycles. The lowest BCUT2D eigenvalue weighted by atomic mass is 10.0. The van der Waals surface area contributed by atoms with Crippen LogP contribution in [-0.4, -0.2) is 16.1 Å². The second-order valence-electron chi connectivity index (χ2n) is 2.88. The topological polar surface area (TPSA) is 63.4 Å². The van der Waals surface area contributed by atoms with Crippen molar-refractivity contribution < 1.29 is 10.0 Å². The van der Waals surface area contributed by atoms with Crippen molar-refractivity contribution in [1.82, 2.24) is 0 Å². The summed E-state index contributed by atoms with van der Waals surface area (Å²) in [6, 6.07) is 7.65. The molecule has 0 aliphatic carbocycles. The number of aliphatic hydroxyl groups excluding tert-OH is 1. The van der Waals surface area contributed by atoms with Gasteiger partial charge >= 0.3 is 0 Å². The van der Waals surface area contributed by atoms with Crippen LogP contribution in [0.4, 0.5) is 0 Å². The van der Waals surface area contributed by atoms with E-state index in [2.05, 4.69) is 0 Å². The van der Waals surface area contributed by atoms with E-state index < -0.39 is 17.1 Å². The summed E-state index contributed by atoms with van der Waals surface area (Å²) in [7, 11) is 0. The third kappa shape index (κ3) is 2.26. The van der Waals surface area contributed by atoms with Crippen molar-refractivity contribution in [3.63, 3.8) is 0 Å². The molecule has 13 heavy (non-hydrogen) atoms. The van der Waals surface area contributed by atoms with Crippen LogP contribution in [0.15, 0.2) is 30.3 Å². The molecule has 0 bridgehead atoms. The molecule has 1 unspecified atom stereocenters. The number of benzene rings is 1. The molecular weight excluding hydrogens is 170 g/mol. The summed E-state index contributed by atoms with van der Waals surface area (Å²) in [6.07, 6.45) is -1.03. The number of nitrogens with zero attached hydrogens (tertiary/aromatic N) is 1. The first-order valence-corrected chi connectivity index (χ1v) is 3.99. The van der Waals surface area contributed by atoms with E-state index in [1.54, 1.807) is 30.3 Å². The first kappa shape index (κ1) is 9.67. The molecule has 0 aliphatic heterocycles. The van der Waals surface area contributed by atoms with E-state index in [0.717, 1.165) is 0 Å². The van der Waals surface area contributed by atoms with Crippen LogP contribution in [-0.2, 0) is 0 Å². The molecule has 70 valence electrons. The van der Waals surface area contributed by atoms with Gasteiger partial charge < -0.3 is 5.11 Å². The first-order chi connectivity index (χ1) is 6.13. The summed E-state index contributed by atoms with van der Waals surface area (Å²) in [5.41, 5.74) is 0.576. The van der Waals surface area contributed by atoms with Gasteiger partial charge in [-0.25, -0.2) is 0 Å². The molecule has 1 aromatic rings. The predicted molar refractivity (Wildman–Crippen MR) is 47.9 cm³/mol. The van der Waals surface area contributed by atoms with Gasteiger partial charge in [0.1, 0.15) is 6.10 Å². The summed E-state index contributed by atoms with van der Waals surface area (Å²) < 4.78 is 0. The maximum Gasteiger partial charge on any atom is 0.239 e. The normalized spacial score (nSPS) is 14.9. The monoisotopic (exact) mass is 181 g/mol. The van der Waals surface area contributed by atoms with Gasteiger partial charge in [0.25, 0.3) is 0 Å². The zero-order valence-corrected chi connectivity index (χ0v) is 7.25. The SMILES string of the molecule is CC([C@H](O)c1ccccc1)[N+](=O)[O-]. The molecule has 0 aromatic heterocycles. The molecule has 1 N–H and O–H groups in total. The minimum absolute atomic E-state index is 0.488. The van der Waals surface area contributed by atoms with Gasteiger partial charge in [-0.15, -0.1) is 0 Å². The molecule has 0 aliphatic rings. The molecular formula is C9H11NO3. The second kappa shape index (κ2) is 4.00. The van der Waals surface area contributed by atoms with Crippen LogP contribution < -0.4 is 0 Å². The maximum atomic E-state index is 10.4. The van der Waals surface area contributed by atoms with Crippen molar-refractivity contribution in [2.45, 2.75) is 19.1 Å². The summed E-state index contributed by atoms with van der Waals surface area (Å²) >= 11 is 0. The fourth-order valence-corrected chi connectivity index (χ4v) is 1.04. The third-order valence-electron chi connectivity index (χ3n) is 1.93. The van der Waals surface area contributed by atoms with Gasteiger partial charge in [-0.3, -0.25) is 10.1 Å². The van der Waals surface area contributed by atoms with Gasteiger partial charge in [0, 0.05) is 11.8 Å². The molecule has 0 fully saturated rings. The van der Waals surface area contributed by atoms with Crippen LogP contribution in [0, 0.1) is 10.1 Å². The lowest BCUT2D eigenvalue weighted by molar-refractivity contribution is -0.531. The van der Waals surface area contributed by atoms with Gasteiger partial charge in [-0.2, -0.15) is 0 Å².